The normalized spacial score (nSPS) is 39.6. The van der Waals surface area contributed by atoms with Crippen LogP contribution in [0.3, 0.4) is 0 Å². The Labute approximate surface area is 95.9 Å². The van der Waals surface area contributed by atoms with Crippen LogP contribution in [0.15, 0.2) is 12.7 Å². The topological polar surface area (TPSA) is 57.2 Å². The van der Waals surface area contributed by atoms with Crippen LogP contribution in [0.4, 0.5) is 0 Å². The minimum Gasteiger partial charge on any atom is -0.388 e. The van der Waals surface area contributed by atoms with Gasteiger partial charge in [0.25, 0.3) is 0 Å². The first kappa shape index (κ1) is 13.6. The van der Waals surface area contributed by atoms with Crippen molar-refractivity contribution in [1.29, 1.82) is 0 Å². The summed E-state index contributed by atoms with van der Waals surface area (Å²) in [4.78, 5) is 0. The molecule has 1 heterocycles. The zero-order valence-corrected chi connectivity index (χ0v) is 9.96. The molecule has 0 aromatic heterocycles. The molecule has 1 aliphatic rings. The third-order valence-corrected chi connectivity index (χ3v) is 2.68. The van der Waals surface area contributed by atoms with Crippen molar-refractivity contribution in [2.45, 2.75) is 37.6 Å². The summed E-state index contributed by atoms with van der Waals surface area (Å²) in [5, 5.41) is 9.88. The van der Waals surface area contributed by atoms with E-state index in [1.807, 2.05) is 0 Å². The zero-order valence-electron chi connectivity index (χ0n) is 9.96. The van der Waals surface area contributed by atoms with Crippen LogP contribution in [0, 0.1) is 0 Å². The van der Waals surface area contributed by atoms with Crippen molar-refractivity contribution in [3.05, 3.63) is 12.7 Å². The van der Waals surface area contributed by atoms with Gasteiger partial charge in [-0.2, -0.15) is 0 Å². The predicted molar refractivity (Wildman–Crippen MR) is 58.1 cm³/mol. The van der Waals surface area contributed by atoms with E-state index in [0.29, 0.717) is 6.61 Å². The van der Waals surface area contributed by atoms with E-state index < -0.39 is 24.6 Å². The zero-order chi connectivity index (χ0) is 12.1. The van der Waals surface area contributed by atoms with Gasteiger partial charge in [0.15, 0.2) is 6.29 Å². The van der Waals surface area contributed by atoms with Crippen LogP contribution >= 0.6 is 0 Å². The van der Waals surface area contributed by atoms with Crippen molar-refractivity contribution in [2.75, 3.05) is 20.8 Å². The monoisotopic (exact) mass is 232 g/mol. The Morgan fingerprint density at radius 2 is 1.94 bits per heavy atom. The van der Waals surface area contributed by atoms with Crippen LogP contribution in [0.25, 0.3) is 0 Å². The second-order valence-corrected chi connectivity index (χ2v) is 3.72. The largest absolute Gasteiger partial charge is 0.388 e. The summed E-state index contributed by atoms with van der Waals surface area (Å²) in [5.74, 6) is 0. The lowest BCUT2D eigenvalue weighted by Gasteiger charge is -2.42. The Hall–Kier alpha value is -0.460. The summed E-state index contributed by atoms with van der Waals surface area (Å²) in [6, 6.07) is 0. The number of methoxy groups -OCH3 is 2. The third kappa shape index (κ3) is 2.81. The van der Waals surface area contributed by atoms with Crippen molar-refractivity contribution in [2.24, 2.45) is 0 Å². The number of aliphatic hydroxyl groups is 1. The van der Waals surface area contributed by atoms with Gasteiger partial charge < -0.3 is 24.1 Å². The Morgan fingerprint density at radius 3 is 2.44 bits per heavy atom. The van der Waals surface area contributed by atoms with Crippen LogP contribution in [-0.4, -0.2) is 56.6 Å². The van der Waals surface area contributed by atoms with Crippen LogP contribution < -0.4 is 0 Å². The molecule has 1 rings (SSSR count). The molecule has 0 spiro atoms. The highest BCUT2D eigenvalue weighted by atomic mass is 16.7. The maximum atomic E-state index is 9.88. The fraction of sp³-hybridized carbons (Fsp3) is 0.818. The summed E-state index contributed by atoms with van der Waals surface area (Å²) in [6.07, 6.45) is -0.899. The minimum atomic E-state index is -0.724. The first-order valence-electron chi connectivity index (χ1n) is 5.27. The molecule has 0 amide bonds. The molecule has 16 heavy (non-hydrogen) atoms. The quantitative estimate of drug-likeness (QED) is 0.692. The molecule has 0 aromatic carbocycles. The Balaban J connectivity index is 2.71. The molecule has 5 atom stereocenters. The van der Waals surface area contributed by atoms with Gasteiger partial charge in [0.05, 0.1) is 12.7 Å². The van der Waals surface area contributed by atoms with Crippen LogP contribution in [0.5, 0.6) is 0 Å². The fourth-order valence-electron chi connectivity index (χ4n) is 1.80. The molecule has 94 valence electrons. The summed E-state index contributed by atoms with van der Waals surface area (Å²) in [5.41, 5.74) is 0. The molecule has 0 bridgehead atoms. The average molecular weight is 232 g/mol. The number of ether oxygens (including phenoxy) is 4. The van der Waals surface area contributed by atoms with E-state index in [9.17, 15) is 5.11 Å². The summed E-state index contributed by atoms with van der Waals surface area (Å²) in [7, 11) is 3.07. The van der Waals surface area contributed by atoms with Crippen molar-refractivity contribution in [3.8, 4) is 0 Å². The molecular formula is C11H20O5. The van der Waals surface area contributed by atoms with Crippen LogP contribution in [-0.2, 0) is 18.9 Å². The fourth-order valence-corrected chi connectivity index (χ4v) is 1.80. The van der Waals surface area contributed by atoms with Gasteiger partial charge in [0.2, 0.25) is 0 Å². The van der Waals surface area contributed by atoms with Gasteiger partial charge in [-0.3, -0.25) is 0 Å². The smallest absolute Gasteiger partial charge is 0.187 e. The summed E-state index contributed by atoms with van der Waals surface area (Å²) in [6.45, 7) is 5.70. The Morgan fingerprint density at radius 1 is 1.31 bits per heavy atom. The van der Waals surface area contributed by atoms with Gasteiger partial charge in [-0.1, -0.05) is 6.08 Å². The maximum absolute atomic E-state index is 9.88. The number of hydrogen-bond donors (Lipinski definition) is 1. The average Bonchev–Trinajstić information content (AvgIpc) is 2.29. The molecule has 5 unspecified atom stereocenters. The number of aliphatic hydroxyl groups excluding tert-OH is 1. The second kappa shape index (κ2) is 6.32. The molecular weight excluding hydrogens is 212 g/mol. The lowest BCUT2D eigenvalue weighted by Crippen LogP contribution is -2.58. The summed E-state index contributed by atoms with van der Waals surface area (Å²) < 4.78 is 21.4. The van der Waals surface area contributed by atoms with E-state index in [2.05, 4.69) is 6.58 Å². The lowest BCUT2D eigenvalue weighted by atomic mass is 9.99. The third-order valence-electron chi connectivity index (χ3n) is 2.68. The standard InChI is InChI=1S/C11H20O5/c1-5-6-15-11-10(14-4)9(13-3)8(12)7(2)16-11/h5,7-12H,1,6H2,2-4H3. The summed E-state index contributed by atoms with van der Waals surface area (Å²) >= 11 is 0. The van der Waals surface area contributed by atoms with Crippen molar-refractivity contribution in [1.82, 2.24) is 0 Å². The molecule has 0 aliphatic carbocycles. The van der Waals surface area contributed by atoms with Crippen LogP contribution in [0.1, 0.15) is 6.92 Å². The van der Waals surface area contributed by atoms with Gasteiger partial charge in [-0.15, -0.1) is 6.58 Å². The predicted octanol–water partition coefficient (Wildman–Crippen LogP) is 0.325. The van der Waals surface area contributed by atoms with E-state index in [4.69, 9.17) is 18.9 Å². The molecule has 1 N–H and O–H groups in total. The highest BCUT2D eigenvalue weighted by Gasteiger charge is 2.44. The molecule has 1 aliphatic heterocycles. The van der Waals surface area contributed by atoms with Gasteiger partial charge in [-0.05, 0) is 6.92 Å². The number of hydrogen-bond acceptors (Lipinski definition) is 5. The highest BCUT2D eigenvalue weighted by molar-refractivity contribution is 4.89. The molecule has 5 heteroatoms. The molecule has 0 radical (unpaired) electrons. The van der Waals surface area contributed by atoms with Crippen molar-refractivity contribution < 1.29 is 24.1 Å². The van der Waals surface area contributed by atoms with E-state index in [1.165, 1.54) is 14.2 Å². The minimum absolute atomic E-state index is 0.355. The van der Waals surface area contributed by atoms with Gasteiger partial charge in [0, 0.05) is 14.2 Å². The van der Waals surface area contributed by atoms with Crippen molar-refractivity contribution in [3.63, 3.8) is 0 Å². The Bertz CT molecular complexity index is 220. The highest BCUT2D eigenvalue weighted by Crippen LogP contribution is 2.25. The first-order chi connectivity index (χ1) is 7.65. The molecule has 1 fully saturated rings. The Kier molecular flexibility index (Phi) is 5.37. The van der Waals surface area contributed by atoms with Gasteiger partial charge >= 0.3 is 0 Å². The van der Waals surface area contributed by atoms with Gasteiger partial charge in [0.1, 0.15) is 18.3 Å². The van der Waals surface area contributed by atoms with E-state index in [1.54, 1.807) is 13.0 Å². The molecule has 5 nitrogen and oxygen atoms in total. The SMILES string of the molecule is C=CCOC1OC(C)C(O)C(OC)C1OC. The van der Waals surface area contributed by atoms with Crippen LogP contribution in [0.2, 0.25) is 0 Å². The first-order valence-corrected chi connectivity index (χ1v) is 5.27. The van der Waals surface area contributed by atoms with E-state index >= 15 is 0 Å². The second-order valence-electron chi connectivity index (χ2n) is 3.72. The maximum Gasteiger partial charge on any atom is 0.187 e. The van der Waals surface area contributed by atoms with Crippen molar-refractivity contribution >= 4 is 0 Å². The molecule has 0 aromatic rings. The van der Waals surface area contributed by atoms with E-state index in [-0.39, 0.29) is 6.10 Å². The van der Waals surface area contributed by atoms with E-state index in [0.717, 1.165) is 0 Å². The van der Waals surface area contributed by atoms with Gasteiger partial charge in [-0.25, -0.2) is 0 Å². The molecule has 0 saturated carbocycles. The lowest BCUT2D eigenvalue weighted by molar-refractivity contribution is -0.299. The molecule has 1 saturated heterocycles. The number of rotatable bonds is 5.